The lowest BCUT2D eigenvalue weighted by molar-refractivity contribution is -0.384. The van der Waals surface area contributed by atoms with E-state index in [4.69, 9.17) is 10.5 Å². The monoisotopic (exact) mass is 413 g/mol. The molecular formula is C17H23N3O7S. The van der Waals surface area contributed by atoms with Crippen LogP contribution in [0.3, 0.4) is 0 Å². The fourth-order valence-corrected chi connectivity index (χ4v) is 4.68. The van der Waals surface area contributed by atoms with E-state index in [0.717, 1.165) is 24.3 Å². The molecule has 28 heavy (non-hydrogen) atoms. The lowest BCUT2D eigenvalue weighted by Gasteiger charge is -2.37. The van der Waals surface area contributed by atoms with Gasteiger partial charge in [-0.05, 0) is 18.6 Å². The van der Waals surface area contributed by atoms with E-state index < -0.39 is 44.3 Å². The highest BCUT2D eigenvalue weighted by molar-refractivity contribution is 7.89. The highest BCUT2D eigenvalue weighted by Crippen LogP contribution is 2.42. The largest absolute Gasteiger partial charge is 0.458 e. The van der Waals surface area contributed by atoms with Gasteiger partial charge in [-0.1, -0.05) is 20.3 Å². The number of rotatable bonds is 9. The molecule has 3 atom stereocenters. The number of nitro benzene ring substituents is 1. The van der Waals surface area contributed by atoms with Crippen molar-refractivity contribution in [1.29, 1.82) is 0 Å². The van der Waals surface area contributed by atoms with Crippen LogP contribution in [0, 0.1) is 22.0 Å². The minimum absolute atomic E-state index is 0.101. The van der Waals surface area contributed by atoms with Crippen molar-refractivity contribution in [2.75, 3.05) is 6.54 Å². The molecule has 0 saturated carbocycles. The zero-order valence-electron chi connectivity index (χ0n) is 15.6. The van der Waals surface area contributed by atoms with Gasteiger partial charge in [0.25, 0.3) is 5.69 Å². The van der Waals surface area contributed by atoms with Crippen molar-refractivity contribution in [3.05, 3.63) is 34.4 Å². The molecule has 1 saturated heterocycles. The second kappa shape index (κ2) is 8.23. The summed E-state index contributed by atoms with van der Waals surface area (Å²) in [5.74, 6) is -2.56. The molecule has 10 nitrogen and oxygen atoms in total. The number of amides is 1. The van der Waals surface area contributed by atoms with Crippen LogP contribution in [0.25, 0.3) is 0 Å². The summed E-state index contributed by atoms with van der Waals surface area (Å²) in [6.45, 7) is 3.44. The van der Waals surface area contributed by atoms with Gasteiger partial charge < -0.3 is 10.5 Å². The van der Waals surface area contributed by atoms with Gasteiger partial charge in [0.1, 0.15) is 5.60 Å². The SMILES string of the molecule is CCCC1([C@@H](C)CNS(=O)(=O)c2ccc([N+](=O)[O-])cc2)OC(=O)CC1C(N)=O. The Labute approximate surface area is 162 Å². The lowest BCUT2D eigenvalue weighted by Crippen LogP contribution is -2.50. The molecule has 0 bridgehead atoms. The summed E-state index contributed by atoms with van der Waals surface area (Å²) in [4.78, 5) is 33.6. The summed E-state index contributed by atoms with van der Waals surface area (Å²) in [6, 6.07) is 4.46. The first-order valence-corrected chi connectivity index (χ1v) is 10.3. The smallest absolute Gasteiger partial charge is 0.307 e. The highest BCUT2D eigenvalue weighted by atomic mass is 32.2. The predicted molar refractivity (Wildman–Crippen MR) is 98.5 cm³/mol. The van der Waals surface area contributed by atoms with E-state index in [2.05, 4.69) is 4.72 Å². The minimum Gasteiger partial charge on any atom is -0.458 e. The number of nitro groups is 1. The van der Waals surface area contributed by atoms with Crippen LogP contribution in [-0.4, -0.2) is 37.4 Å². The number of carbonyl (C=O) groups is 2. The number of nitrogens with two attached hydrogens (primary N) is 1. The summed E-state index contributed by atoms with van der Waals surface area (Å²) >= 11 is 0. The number of esters is 1. The molecule has 11 heteroatoms. The van der Waals surface area contributed by atoms with Gasteiger partial charge in [-0.2, -0.15) is 0 Å². The lowest BCUT2D eigenvalue weighted by atomic mass is 9.74. The fraction of sp³-hybridized carbons (Fsp3) is 0.529. The van der Waals surface area contributed by atoms with E-state index in [1.54, 1.807) is 6.92 Å². The maximum absolute atomic E-state index is 12.5. The van der Waals surface area contributed by atoms with Crippen molar-refractivity contribution in [1.82, 2.24) is 4.72 Å². The van der Waals surface area contributed by atoms with Crippen LogP contribution in [-0.2, 0) is 24.3 Å². The van der Waals surface area contributed by atoms with E-state index in [0.29, 0.717) is 12.8 Å². The molecule has 2 unspecified atom stereocenters. The Morgan fingerprint density at radius 2 is 2.04 bits per heavy atom. The van der Waals surface area contributed by atoms with Gasteiger partial charge in [-0.25, -0.2) is 13.1 Å². The second-order valence-corrected chi connectivity index (χ2v) is 8.61. The normalized spacial score (nSPS) is 23.2. The second-order valence-electron chi connectivity index (χ2n) is 6.84. The zero-order valence-corrected chi connectivity index (χ0v) is 16.4. The van der Waals surface area contributed by atoms with Gasteiger partial charge in [-0.3, -0.25) is 19.7 Å². The maximum Gasteiger partial charge on any atom is 0.307 e. The van der Waals surface area contributed by atoms with Crippen molar-refractivity contribution in [3.63, 3.8) is 0 Å². The topological polar surface area (TPSA) is 159 Å². The number of hydrogen-bond acceptors (Lipinski definition) is 7. The first-order chi connectivity index (χ1) is 13.0. The first-order valence-electron chi connectivity index (χ1n) is 8.78. The van der Waals surface area contributed by atoms with Gasteiger partial charge >= 0.3 is 5.97 Å². The van der Waals surface area contributed by atoms with Crippen LogP contribution in [0.1, 0.15) is 33.1 Å². The van der Waals surface area contributed by atoms with Gasteiger partial charge in [0.2, 0.25) is 15.9 Å². The minimum atomic E-state index is -3.95. The molecule has 1 aromatic carbocycles. The molecule has 1 amide bonds. The Balaban J connectivity index is 2.19. The molecule has 0 spiro atoms. The summed E-state index contributed by atoms with van der Waals surface area (Å²) in [5.41, 5.74) is 4.05. The summed E-state index contributed by atoms with van der Waals surface area (Å²) in [6.07, 6.45) is 0.845. The maximum atomic E-state index is 12.5. The van der Waals surface area contributed by atoms with E-state index >= 15 is 0 Å². The Bertz CT molecular complexity index is 869. The van der Waals surface area contributed by atoms with Crippen molar-refractivity contribution in [2.24, 2.45) is 17.6 Å². The predicted octanol–water partition coefficient (Wildman–Crippen LogP) is 1.10. The number of primary amides is 1. The van der Waals surface area contributed by atoms with Crippen molar-refractivity contribution in [2.45, 2.75) is 43.6 Å². The molecular weight excluding hydrogens is 390 g/mol. The van der Waals surface area contributed by atoms with Gasteiger partial charge in [-0.15, -0.1) is 0 Å². The standard InChI is InChI=1S/C17H23N3O7S/c1-3-8-17(14(16(18)22)9-15(21)27-17)11(2)10-19-28(25,26)13-6-4-12(5-7-13)20(23)24/h4-7,11,14,19H,3,8-10H2,1-2H3,(H2,18,22)/t11-,14?,17?/m0/s1. The Morgan fingerprint density at radius 3 is 2.54 bits per heavy atom. The van der Waals surface area contributed by atoms with Crippen LogP contribution in [0.2, 0.25) is 0 Å². The van der Waals surface area contributed by atoms with E-state index in [9.17, 15) is 28.1 Å². The number of benzene rings is 1. The van der Waals surface area contributed by atoms with E-state index in [1.807, 2.05) is 6.92 Å². The number of carbonyl (C=O) groups excluding carboxylic acids is 2. The average Bonchev–Trinajstić information content (AvgIpc) is 2.98. The fourth-order valence-electron chi connectivity index (χ4n) is 3.55. The van der Waals surface area contributed by atoms with Crippen LogP contribution in [0.4, 0.5) is 5.69 Å². The molecule has 0 radical (unpaired) electrons. The third-order valence-corrected chi connectivity index (χ3v) is 6.46. The average molecular weight is 413 g/mol. The number of cyclic esters (lactones) is 1. The van der Waals surface area contributed by atoms with Crippen LogP contribution >= 0.6 is 0 Å². The van der Waals surface area contributed by atoms with E-state index in [-0.39, 0.29) is 23.5 Å². The molecule has 154 valence electrons. The molecule has 3 N–H and O–H groups in total. The Morgan fingerprint density at radius 1 is 1.43 bits per heavy atom. The van der Waals surface area contributed by atoms with Gasteiger partial charge in [0, 0.05) is 24.6 Å². The highest BCUT2D eigenvalue weighted by Gasteiger charge is 2.54. The number of non-ortho nitro benzene ring substituents is 1. The van der Waals surface area contributed by atoms with Crippen molar-refractivity contribution < 1.29 is 27.7 Å². The van der Waals surface area contributed by atoms with Gasteiger partial charge in [0.15, 0.2) is 0 Å². The number of hydrogen-bond donors (Lipinski definition) is 2. The van der Waals surface area contributed by atoms with Crippen molar-refractivity contribution in [3.8, 4) is 0 Å². The molecule has 2 rings (SSSR count). The summed E-state index contributed by atoms with van der Waals surface area (Å²) < 4.78 is 32.9. The molecule has 1 aliphatic heterocycles. The molecule has 1 aromatic rings. The molecule has 1 fully saturated rings. The Kier molecular flexibility index (Phi) is 6.40. The number of nitrogens with one attached hydrogen (secondary N) is 1. The summed E-state index contributed by atoms with van der Waals surface area (Å²) in [5, 5.41) is 10.7. The molecule has 1 aliphatic rings. The molecule has 0 aromatic heterocycles. The van der Waals surface area contributed by atoms with Crippen molar-refractivity contribution >= 4 is 27.6 Å². The summed E-state index contributed by atoms with van der Waals surface area (Å²) in [7, 11) is -3.95. The third kappa shape index (κ3) is 4.30. The quantitative estimate of drug-likeness (QED) is 0.348. The Hall–Kier alpha value is -2.53. The molecule has 1 heterocycles. The molecule has 0 aliphatic carbocycles. The number of nitrogens with zero attached hydrogens (tertiary/aromatic N) is 1. The number of ether oxygens (including phenoxy) is 1. The zero-order chi connectivity index (χ0) is 21.1. The van der Waals surface area contributed by atoms with E-state index in [1.165, 1.54) is 0 Å². The first kappa shape index (κ1) is 21.8. The van der Waals surface area contributed by atoms with Crippen LogP contribution in [0.15, 0.2) is 29.2 Å². The van der Waals surface area contributed by atoms with Crippen LogP contribution < -0.4 is 10.5 Å². The van der Waals surface area contributed by atoms with Crippen LogP contribution in [0.5, 0.6) is 0 Å². The number of sulfonamides is 1. The van der Waals surface area contributed by atoms with Gasteiger partial charge in [0.05, 0.1) is 22.2 Å². The third-order valence-electron chi connectivity index (χ3n) is 5.02.